The number of hydrogen-bond acceptors (Lipinski definition) is 3. The van der Waals surface area contributed by atoms with Gasteiger partial charge in [0, 0.05) is 0 Å². The summed E-state index contributed by atoms with van der Waals surface area (Å²) in [5.41, 5.74) is 0.572. The molecule has 0 aliphatic rings. The van der Waals surface area contributed by atoms with Crippen molar-refractivity contribution in [3.8, 4) is 0 Å². The van der Waals surface area contributed by atoms with Gasteiger partial charge in [0.15, 0.2) is 0 Å². The Hall–Kier alpha value is -0.810. The van der Waals surface area contributed by atoms with Crippen LogP contribution in [0.25, 0.3) is 10.2 Å². The number of aromatic nitrogens is 1. The van der Waals surface area contributed by atoms with E-state index in [0.717, 1.165) is 16.0 Å². The molecule has 0 atom stereocenters. The molecule has 1 aromatic heterocycles. The van der Waals surface area contributed by atoms with Crippen molar-refractivity contribution in [3.05, 3.63) is 33.9 Å². The molecule has 12 heavy (non-hydrogen) atoms. The molecule has 2 rings (SSSR count). The Morgan fingerprint density at radius 2 is 2.00 bits per heavy atom. The van der Waals surface area contributed by atoms with Crippen molar-refractivity contribution in [2.75, 3.05) is 0 Å². The SMILES string of the molecule is Br.O=c1sc2ccccc2n1O. The molecular formula is C7H6BrNO2S. The van der Waals surface area contributed by atoms with Gasteiger partial charge in [0.1, 0.15) is 5.52 Å². The number of hydrogen-bond donors (Lipinski definition) is 1. The Kier molecular flexibility index (Phi) is 2.54. The number of para-hydroxylation sites is 1. The molecule has 5 heteroatoms. The Balaban J connectivity index is 0.000000720. The molecule has 0 aliphatic carbocycles. The van der Waals surface area contributed by atoms with Crippen LogP contribution in [0.15, 0.2) is 29.1 Å². The maximum Gasteiger partial charge on any atom is 0.340 e. The van der Waals surface area contributed by atoms with E-state index in [0.29, 0.717) is 10.2 Å². The maximum absolute atomic E-state index is 10.9. The second-order valence-corrected chi connectivity index (χ2v) is 3.14. The molecule has 0 bridgehead atoms. The fourth-order valence-electron chi connectivity index (χ4n) is 0.954. The Bertz CT molecular complexity index is 448. The quantitative estimate of drug-likeness (QED) is 0.723. The van der Waals surface area contributed by atoms with E-state index in [2.05, 4.69) is 0 Å². The zero-order chi connectivity index (χ0) is 7.84. The summed E-state index contributed by atoms with van der Waals surface area (Å²) < 4.78 is 1.47. The van der Waals surface area contributed by atoms with Crippen LogP contribution in [0.3, 0.4) is 0 Å². The van der Waals surface area contributed by atoms with Crippen LogP contribution >= 0.6 is 28.3 Å². The van der Waals surface area contributed by atoms with Gasteiger partial charge in [-0.2, -0.15) is 0 Å². The normalized spacial score (nSPS) is 9.67. The van der Waals surface area contributed by atoms with Crippen molar-refractivity contribution < 1.29 is 5.21 Å². The first kappa shape index (κ1) is 9.28. The first-order valence-electron chi connectivity index (χ1n) is 3.09. The first-order chi connectivity index (χ1) is 5.29. The molecule has 0 saturated heterocycles. The third kappa shape index (κ3) is 1.25. The Morgan fingerprint density at radius 3 is 2.67 bits per heavy atom. The molecule has 0 aliphatic heterocycles. The highest BCUT2D eigenvalue weighted by molar-refractivity contribution is 8.93. The summed E-state index contributed by atoms with van der Waals surface area (Å²) in [7, 11) is 0. The highest BCUT2D eigenvalue weighted by Crippen LogP contribution is 2.14. The van der Waals surface area contributed by atoms with Gasteiger partial charge in [0.25, 0.3) is 0 Å². The summed E-state index contributed by atoms with van der Waals surface area (Å²) in [5.74, 6) is 0. The molecule has 1 aromatic carbocycles. The second kappa shape index (κ2) is 3.28. The zero-order valence-corrected chi connectivity index (χ0v) is 8.46. The average Bonchev–Trinajstić information content (AvgIpc) is 2.30. The molecule has 0 unspecified atom stereocenters. The lowest BCUT2D eigenvalue weighted by molar-refractivity contribution is 0.193. The molecule has 0 saturated carbocycles. The minimum Gasteiger partial charge on any atom is -0.424 e. The molecule has 0 spiro atoms. The lowest BCUT2D eigenvalue weighted by atomic mass is 10.3. The van der Waals surface area contributed by atoms with Gasteiger partial charge in [-0.25, -0.2) is 0 Å². The van der Waals surface area contributed by atoms with Crippen LogP contribution in [0.1, 0.15) is 0 Å². The smallest absolute Gasteiger partial charge is 0.340 e. The van der Waals surface area contributed by atoms with E-state index >= 15 is 0 Å². The van der Waals surface area contributed by atoms with Gasteiger partial charge in [-0.05, 0) is 12.1 Å². The number of halogens is 1. The van der Waals surface area contributed by atoms with E-state index in [9.17, 15) is 4.79 Å². The molecule has 0 radical (unpaired) electrons. The molecule has 0 amide bonds. The van der Waals surface area contributed by atoms with Gasteiger partial charge in [-0.3, -0.25) is 4.79 Å². The molecule has 1 N–H and O–H groups in total. The summed E-state index contributed by atoms with van der Waals surface area (Å²) in [6.45, 7) is 0. The highest BCUT2D eigenvalue weighted by Gasteiger charge is 2.02. The standard InChI is InChI=1S/C7H5NO2S.BrH/c9-7-8(10)5-3-1-2-4-6(5)11-7;/h1-4,10H;1H. The van der Waals surface area contributed by atoms with Crippen LogP contribution in [0.2, 0.25) is 0 Å². The van der Waals surface area contributed by atoms with E-state index in [1.807, 2.05) is 6.07 Å². The monoisotopic (exact) mass is 247 g/mol. The third-order valence-electron chi connectivity index (χ3n) is 1.46. The van der Waals surface area contributed by atoms with Crippen molar-refractivity contribution in [1.82, 2.24) is 4.73 Å². The fourth-order valence-corrected chi connectivity index (χ4v) is 1.73. The number of thiazole rings is 1. The van der Waals surface area contributed by atoms with Crippen molar-refractivity contribution in [3.63, 3.8) is 0 Å². The average molecular weight is 248 g/mol. The molecular weight excluding hydrogens is 242 g/mol. The zero-order valence-electron chi connectivity index (χ0n) is 5.93. The molecule has 2 aromatic rings. The van der Waals surface area contributed by atoms with Crippen molar-refractivity contribution in [2.45, 2.75) is 0 Å². The minimum absolute atomic E-state index is 0. The van der Waals surface area contributed by atoms with E-state index in [-0.39, 0.29) is 21.9 Å². The predicted octanol–water partition coefficient (Wildman–Crippen LogP) is 1.88. The summed E-state index contributed by atoms with van der Waals surface area (Å²) in [5, 5.41) is 9.11. The van der Waals surface area contributed by atoms with Crippen LogP contribution in [-0.4, -0.2) is 9.94 Å². The highest BCUT2D eigenvalue weighted by atomic mass is 79.9. The van der Waals surface area contributed by atoms with E-state index < -0.39 is 0 Å². The van der Waals surface area contributed by atoms with Gasteiger partial charge in [-0.1, -0.05) is 23.5 Å². The van der Waals surface area contributed by atoms with Gasteiger partial charge in [0.05, 0.1) is 4.70 Å². The minimum atomic E-state index is -0.341. The van der Waals surface area contributed by atoms with E-state index in [1.54, 1.807) is 18.2 Å². The van der Waals surface area contributed by atoms with Gasteiger partial charge in [0.2, 0.25) is 0 Å². The molecule has 3 nitrogen and oxygen atoms in total. The predicted molar refractivity (Wildman–Crippen MR) is 53.6 cm³/mol. The van der Waals surface area contributed by atoms with Gasteiger partial charge < -0.3 is 5.21 Å². The molecule has 1 heterocycles. The third-order valence-corrected chi connectivity index (χ3v) is 2.38. The van der Waals surface area contributed by atoms with E-state index in [4.69, 9.17) is 5.21 Å². The number of rotatable bonds is 0. The largest absolute Gasteiger partial charge is 0.424 e. The van der Waals surface area contributed by atoms with E-state index in [1.165, 1.54) is 0 Å². The van der Waals surface area contributed by atoms with Gasteiger partial charge >= 0.3 is 4.87 Å². The van der Waals surface area contributed by atoms with Crippen LogP contribution in [0, 0.1) is 0 Å². The molecule has 64 valence electrons. The first-order valence-corrected chi connectivity index (χ1v) is 3.90. The summed E-state index contributed by atoms with van der Waals surface area (Å²) in [6, 6.07) is 7.11. The van der Waals surface area contributed by atoms with Crippen LogP contribution in [0.5, 0.6) is 0 Å². The van der Waals surface area contributed by atoms with Crippen LogP contribution in [0.4, 0.5) is 0 Å². The fraction of sp³-hybridized carbons (Fsp3) is 0. The number of fused-ring (bicyclic) bond motifs is 1. The summed E-state index contributed by atoms with van der Waals surface area (Å²) in [4.78, 5) is 10.5. The van der Waals surface area contributed by atoms with Crippen molar-refractivity contribution in [1.29, 1.82) is 0 Å². The second-order valence-electron chi connectivity index (χ2n) is 2.15. The van der Waals surface area contributed by atoms with Crippen molar-refractivity contribution in [2.24, 2.45) is 0 Å². The van der Waals surface area contributed by atoms with Crippen LogP contribution < -0.4 is 4.87 Å². The van der Waals surface area contributed by atoms with Crippen molar-refractivity contribution >= 4 is 38.5 Å². The number of benzene rings is 1. The van der Waals surface area contributed by atoms with Crippen LogP contribution in [-0.2, 0) is 0 Å². The Morgan fingerprint density at radius 1 is 1.33 bits per heavy atom. The summed E-state index contributed by atoms with van der Waals surface area (Å²) >= 11 is 1.04. The topological polar surface area (TPSA) is 42.2 Å². The van der Waals surface area contributed by atoms with Gasteiger partial charge in [-0.15, -0.1) is 21.7 Å². The lowest BCUT2D eigenvalue weighted by Gasteiger charge is -1.88. The maximum atomic E-state index is 10.9. The molecule has 0 fully saturated rings. The lowest BCUT2D eigenvalue weighted by Crippen LogP contribution is -2.07. The number of nitrogens with zero attached hydrogens (tertiary/aromatic N) is 1. The Labute approximate surface area is 82.6 Å². The summed E-state index contributed by atoms with van der Waals surface area (Å²) in [6.07, 6.45) is 0.